The van der Waals surface area contributed by atoms with Gasteiger partial charge in [-0.25, -0.2) is 13.6 Å². The number of carbonyl (C=O) groups excluding carboxylic acids is 1. The molecule has 1 heterocycles. The third-order valence-electron chi connectivity index (χ3n) is 4.46. The van der Waals surface area contributed by atoms with Crippen LogP contribution < -0.4 is 5.43 Å². The Morgan fingerprint density at radius 1 is 1.04 bits per heavy atom. The smallest absolute Gasteiger partial charge is 0.343 e. The van der Waals surface area contributed by atoms with E-state index in [0.29, 0.717) is 0 Å². The Kier molecular flexibility index (Phi) is 5.35. The average Bonchev–Trinajstić information content (AvgIpc) is 2.66. The third kappa shape index (κ3) is 3.47. The molecule has 1 aromatic heterocycles. The summed E-state index contributed by atoms with van der Waals surface area (Å²) < 4.78 is 35.2. The molecule has 3 rings (SSSR count). The topological polar surface area (TPSA) is 48.3 Å². The summed E-state index contributed by atoms with van der Waals surface area (Å²) in [5.74, 6) is -2.46. The van der Waals surface area contributed by atoms with Crippen LogP contribution in [0.4, 0.5) is 8.78 Å². The highest BCUT2D eigenvalue weighted by Crippen LogP contribution is 2.22. The largest absolute Gasteiger partial charge is 0.462 e. The van der Waals surface area contributed by atoms with Gasteiger partial charge in [0.15, 0.2) is 0 Å². The first-order valence-electron chi connectivity index (χ1n) is 8.73. The lowest BCUT2D eigenvalue weighted by atomic mass is 10.0. The van der Waals surface area contributed by atoms with E-state index in [9.17, 15) is 18.4 Å². The Morgan fingerprint density at radius 2 is 1.70 bits per heavy atom. The van der Waals surface area contributed by atoms with Gasteiger partial charge < -0.3 is 9.30 Å². The van der Waals surface area contributed by atoms with Crippen molar-refractivity contribution < 1.29 is 18.3 Å². The molecule has 0 atom stereocenters. The molecule has 0 fully saturated rings. The highest BCUT2D eigenvalue weighted by atomic mass is 19.1. The average molecular weight is 371 g/mol. The van der Waals surface area contributed by atoms with Crippen molar-refractivity contribution in [2.75, 3.05) is 6.61 Å². The van der Waals surface area contributed by atoms with Crippen LogP contribution in [-0.2, 0) is 17.7 Å². The second-order valence-corrected chi connectivity index (χ2v) is 6.10. The molecule has 0 radical (unpaired) electrons. The van der Waals surface area contributed by atoms with Crippen LogP contribution in [0.25, 0.3) is 10.9 Å². The molecule has 0 aliphatic carbocycles. The Hall–Kier alpha value is -3.02. The highest BCUT2D eigenvalue weighted by Gasteiger charge is 2.21. The number of ether oxygens (including phenoxy) is 1. The summed E-state index contributed by atoms with van der Waals surface area (Å²) in [6, 6.07) is 9.44. The van der Waals surface area contributed by atoms with E-state index in [1.807, 2.05) is 31.2 Å². The van der Waals surface area contributed by atoms with Gasteiger partial charge in [-0.2, -0.15) is 0 Å². The minimum absolute atomic E-state index is 0.0701. The first kappa shape index (κ1) is 18.8. The number of halogens is 2. The van der Waals surface area contributed by atoms with Gasteiger partial charge >= 0.3 is 5.97 Å². The van der Waals surface area contributed by atoms with E-state index in [4.69, 9.17) is 4.74 Å². The summed E-state index contributed by atoms with van der Waals surface area (Å²) in [7, 11) is 0. The van der Waals surface area contributed by atoms with E-state index in [0.717, 1.165) is 29.7 Å². The van der Waals surface area contributed by atoms with Crippen molar-refractivity contribution in [2.45, 2.75) is 26.8 Å². The van der Waals surface area contributed by atoms with Gasteiger partial charge in [-0.1, -0.05) is 31.2 Å². The van der Waals surface area contributed by atoms with Crippen molar-refractivity contribution in [3.8, 4) is 0 Å². The molecule has 3 aromatic rings. The van der Waals surface area contributed by atoms with Gasteiger partial charge in [-0.05, 0) is 36.6 Å². The van der Waals surface area contributed by atoms with Crippen LogP contribution >= 0.6 is 0 Å². The molecule has 140 valence electrons. The van der Waals surface area contributed by atoms with Crippen molar-refractivity contribution in [1.82, 2.24) is 4.57 Å². The van der Waals surface area contributed by atoms with Crippen molar-refractivity contribution in [1.29, 1.82) is 0 Å². The van der Waals surface area contributed by atoms with Crippen LogP contribution in [0, 0.1) is 11.6 Å². The third-order valence-corrected chi connectivity index (χ3v) is 4.46. The van der Waals surface area contributed by atoms with Gasteiger partial charge in [-0.3, -0.25) is 4.79 Å². The fraction of sp³-hybridized carbons (Fsp3) is 0.238. The van der Waals surface area contributed by atoms with Gasteiger partial charge in [0.05, 0.1) is 17.5 Å². The summed E-state index contributed by atoms with van der Waals surface area (Å²) in [6.07, 6.45) is 2.01. The maximum atomic E-state index is 14.5. The van der Waals surface area contributed by atoms with Gasteiger partial charge in [0.2, 0.25) is 5.43 Å². The van der Waals surface area contributed by atoms with E-state index in [1.54, 1.807) is 6.92 Å². The number of pyridine rings is 1. The molecular formula is C21H19F2NO3. The first-order chi connectivity index (χ1) is 13.0. The molecule has 2 aromatic carbocycles. The first-order valence-corrected chi connectivity index (χ1v) is 8.73. The number of nitrogens with zero attached hydrogens (tertiary/aromatic N) is 1. The molecule has 0 aliphatic rings. The number of aromatic nitrogens is 1. The monoisotopic (exact) mass is 371 g/mol. The fourth-order valence-electron chi connectivity index (χ4n) is 3.17. The summed E-state index contributed by atoms with van der Waals surface area (Å²) in [5, 5.41) is -0.450. The number of fused-ring (bicyclic) bond motifs is 1. The van der Waals surface area contributed by atoms with Gasteiger partial charge in [0.25, 0.3) is 0 Å². The van der Waals surface area contributed by atoms with Gasteiger partial charge in [-0.15, -0.1) is 0 Å². The second-order valence-electron chi connectivity index (χ2n) is 6.10. The Morgan fingerprint density at radius 3 is 2.37 bits per heavy atom. The number of hydrogen-bond acceptors (Lipinski definition) is 3. The molecule has 0 amide bonds. The molecular weight excluding hydrogens is 352 g/mol. The molecule has 0 spiro atoms. The van der Waals surface area contributed by atoms with Crippen LogP contribution in [0.2, 0.25) is 0 Å². The standard InChI is InChI=1S/C21H19F2NO3/c1-3-13-7-5-6-8-14(13)11-24-12-15(21(26)27-4-2)20(25)18-16(22)9-10-17(23)19(18)24/h5-10,12H,3-4,11H2,1-2H3. The van der Waals surface area contributed by atoms with E-state index < -0.39 is 28.4 Å². The van der Waals surface area contributed by atoms with E-state index in [1.165, 1.54) is 10.8 Å². The number of rotatable bonds is 5. The lowest BCUT2D eigenvalue weighted by Crippen LogP contribution is -2.22. The number of esters is 1. The Labute approximate surface area is 155 Å². The Bertz CT molecular complexity index is 1070. The summed E-state index contributed by atoms with van der Waals surface area (Å²) in [5.41, 5.74) is 0.574. The minimum Gasteiger partial charge on any atom is -0.462 e. The number of benzene rings is 2. The highest BCUT2D eigenvalue weighted by molar-refractivity contribution is 5.94. The van der Waals surface area contributed by atoms with E-state index in [2.05, 4.69) is 0 Å². The zero-order chi connectivity index (χ0) is 19.6. The SMILES string of the molecule is CCOC(=O)c1cn(Cc2ccccc2CC)c2c(F)ccc(F)c2c1=O. The zero-order valence-corrected chi connectivity index (χ0v) is 15.1. The molecule has 0 bridgehead atoms. The maximum Gasteiger partial charge on any atom is 0.343 e. The maximum absolute atomic E-state index is 14.5. The number of aryl methyl sites for hydroxylation is 1. The van der Waals surface area contributed by atoms with Crippen molar-refractivity contribution in [3.05, 3.63) is 81.1 Å². The lowest BCUT2D eigenvalue weighted by molar-refractivity contribution is 0.0524. The number of carbonyl (C=O) groups is 1. The normalized spacial score (nSPS) is 11.0. The molecule has 6 heteroatoms. The number of hydrogen-bond donors (Lipinski definition) is 0. The van der Waals surface area contributed by atoms with Crippen LogP contribution in [0.5, 0.6) is 0 Å². The summed E-state index contributed by atoms with van der Waals surface area (Å²) >= 11 is 0. The molecule has 0 unspecified atom stereocenters. The fourth-order valence-corrected chi connectivity index (χ4v) is 3.17. The molecule has 0 saturated heterocycles. The summed E-state index contributed by atoms with van der Waals surface area (Å²) in [6.45, 7) is 3.86. The van der Waals surface area contributed by atoms with Crippen LogP contribution in [0.3, 0.4) is 0 Å². The molecule has 0 saturated carbocycles. The summed E-state index contributed by atoms with van der Waals surface area (Å²) in [4.78, 5) is 24.8. The second kappa shape index (κ2) is 7.70. The van der Waals surface area contributed by atoms with Crippen LogP contribution in [0.1, 0.15) is 35.3 Å². The minimum atomic E-state index is -0.875. The van der Waals surface area contributed by atoms with E-state index >= 15 is 0 Å². The molecule has 0 aliphatic heterocycles. The predicted octanol–water partition coefficient (Wildman–Crippen LogP) is 4.07. The van der Waals surface area contributed by atoms with Crippen LogP contribution in [0.15, 0.2) is 47.4 Å². The van der Waals surface area contributed by atoms with Crippen molar-refractivity contribution >= 4 is 16.9 Å². The van der Waals surface area contributed by atoms with Crippen molar-refractivity contribution in [3.63, 3.8) is 0 Å². The lowest BCUT2D eigenvalue weighted by Gasteiger charge is -2.16. The van der Waals surface area contributed by atoms with Crippen molar-refractivity contribution in [2.24, 2.45) is 0 Å². The Balaban J connectivity index is 2.30. The predicted molar refractivity (Wildman–Crippen MR) is 99.0 cm³/mol. The van der Waals surface area contributed by atoms with Gasteiger partial charge in [0, 0.05) is 12.7 Å². The van der Waals surface area contributed by atoms with Crippen LogP contribution in [-0.4, -0.2) is 17.1 Å². The van der Waals surface area contributed by atoms with E-state index in [-0.39, 0.29) is 24.2 Å². The quantitative estimate of drug-likeness (QED) is 0.636. The molecule has 0 N–H and O–H groups in total. The van der Waals surface area contributed by atoms with Gasteiger partial charge in [0.1, 0.15) is 17.2 Å². The molecule has 4 nitrogen and oxygen atoms in total. The molecule has 27 heavy (non-hydrogen) atoms. The zero-order valence-electron chi connectivity index (χ0n) is 15.1.